The molecule has 0 aliphatic heterocycles. The molecule has 5 nitrogen and oxygen atoms in total. The summed E-state index contributed by atoms with van der Waals surface area (Å²) < 4.78 is 16.8. The molecule has 3 rings (SSSR count). The first kappa shape index (κ1) is 32.9. The Kier molecular flexibility index (Phi) is 14.7. The molecule has 3 aromatic carbocycles. The highest BCUT2D eigenvalue weighted by atomic mass is 16.5. The zero-order valence-electron chi connectivity index (χ0n) is 25.7. The van der Waals surface area contributed by atoms with E-state index >= 15 is 0 Å². The Morgan fingerprint density at radius 2 is 1.26 bits per heavy atom. The van der Waals surface area contributed by atoms with Crippen LogP contribution in [0.5, 0.6) is 11.5 Å². The molecule has 1 atom stereocenters. The number of aryl methyl sites for hydroxylation is 1. The van der Waals surface area contributed by atoms with Crippen molar-refractivity contribution in [2.24, 2.45) is 5.92 Å². The monoisotopic (exact) mass is 572 g/mol. The zero-order valence-corrected chi connectivity index (χ0v) is 25.7. The number of unbranched alkanes of at least 4 members (excludes halogenated alkanes) is 7. The first-order valence-electron chi connectivity index (χ1n) is 15.8. The van der Waals surface area contributed by atoms with Crippen molar-refractivity contribution in [1.29, 1.82) is 0 Å². The van der Waals surface area contributed by atoms with Crippen molar-refractivity contribution in [3.63, 3.8) is 0 Å². The third kappa shape index (κ3) is 12.1. The third-order valence-electron chi connectivity index (χ3n) is 7.55. The molecule has 0 radical (unpaired) electrons. The fourth-order valence-electron chi connectivity index (χ4n) is 4.53. The second-order valence-electron chi connectivity index (χ2n) is 11.2. The fraction of sp³-hybridized carbons (Fsp3) is 0.459. The number of carbonyl (C=O) groups is 2. The lowest BCUT2D eigenvalue weighted by Crippen LogP contribution is -2.12. The molecular weight excluding hydrogens is 524 g/mol. The molecule has 0 saturated carbocycles. The lowest BCUT2D eigenvalue weighted by atomic mass is 10.0. The fourth-order valence-corrected chi connectivity index (χ4v) is 4.53. The van der Waals surface area contributed by atoms with Crippen molar-refractivity contribution in [3.05, 3.63) is 83.9 Å². The summed E-state index contributed by atoms with van der Waals surface area (Å²) in [5.74, 6) is 1.13. The lowest BCUT2D eigenvalue weighted by molar-refractivity contribution is -0.144. The highest BCUT2D eigenvalue weighted by Gasteiger charge is 2.11. The van der Waals surface area contributed by atoms with Crippen LogP contribution in [0.4, 0.5) is 0 Å². The highest BCUT2D eigenvalue weighted by Crippen LogP contribution is 2.24. The van der Waals surface area contributed by atoms with Crippen LogP contribution in [-0.4, -0.2) is 25.2 Å². The number of esters is 2. The summed E-state index contributed by atoms with van der Waals surface area (Å²) in [6.45, 7) is 7.61. The Hall–Kier alpha value is -3.60. The van der Waals surface area contributed by atoms with Crippen LogP contribution in [0.15, 0.2) is 72.8 Å². The van der Waals surface area contributed by atoms with E-state index in [1.807, 2.05) is 48.5 Å². The number of carbonyl (C=O) groups excluding carboxylic acids is 2. The molecule has 1 unspecified atom stereocenters. The smallest absolute Gasteiger partial charge is 0.343 e. The molecule has 0 aliphatic carbocycles. The van der Waals surface area contributed by atoms with Crippen molar-refractivity contribution >= 4 is 11.9 Å². The summed E-state index contributed by atoms with van der Waals surface area (Å²) in [6.07, 6.45) is 12.2. The summed E-state index contributed by atoms with van der Waals surface area (Å²) in [4.78, 5) is 24.6. The van der Waals surface area contributed by atoms with Gasteiger partial charge < -0.3 is 14.2 Å². The number of ether oxygens (including phenoxy) is 3. The summed E-state index contributed by atoms with van der Waals surface area (Å²) in [7, 11) is 0. The maximum absolute atomic E-state index is 12.7. The average molecular weight is 573 g/mol. The summed E-state index contributed by atoms with van der Waals surface area (Å²) >= 11 is 0. The van der Waals surface area contributed by atoms with Gasteiger partial charge in [0.1, 0.15) is 11.5 Å². The second kappa shape index (κ2) is 18.8. The molecule has 0 heterocycles. The summed E-state index contributed by atoms with van der Waals surface area (Å²) in [5.41, 5.74) is 3.56. The van der Waals surface area contributed by atoms with Gasteiger partial charge >= 0.3 is 11.9 Å². The highest BCUT2D eigenvalue weighted by molar-refractivity contribution is 5.91. The third-order valence-corrected chi connectivity index (χ3v) is 7.55. The Morgan fingerprint density at radius 1 is 0.690 bits per heavy atom. The number of hydrogen-bond donors (Lipinski definition) is 0. The van der Waals surface area contributed by atoms with Crippen LogP contribution in [-0.2, 0) is 16.0 Å². The number of hydrogen-bond acceptors (Lipinski definition) is 5. The largest absolute Gasteiger partial charge is 0.494 e. The zero-order chi connectivity index (χ0) is 30.0. The standard InChI is InChI=1S/C37H48O5/c1-4-6-7-8-9-10-11-12-27-40-34-24-20-32(21-25-34)31-16-18-33(19-17-31)37(39)42-35-22-13-30(14-23-35)15-26-36(38)41-28-29(3)5-2/h13-14,16-25,29H,4-12,15,26-28H2,1-3H3. The molecule has 0 aromatic heterocycles. The van der Waals surface area contributed by atoms with E-state index in [-0.39, 0.29) is 5.97 Å². The molecule has 226 valence electrons. The van der Waals surface area contributed by atoms with Crippen LogP contribution in [0.1, 0.15) is 101 Å². The molecular formula is C37H48O5. The minimum absolute atomic E-state index is 0.187. The molecule has 42 heavy (non-hydrogen) atoms. The maximum atomic E-state index is 12.7. The quantitative estimate of drug-likeness (QED) is 0.0813. The second-order valence-corrected chi connectivity index (χ2v) is 11.2. The van der Waals surface area contributed by atoms with Crippen LogP contribution in [0.3, 0.4) is 0 Å². The predicted octanol–water partition coefficient (Wildman–Crippen LogP) is 9.61. The minimum Gasteiger partial charge on any atom is -0.494 e. The SMILES string of the molecule is CCCCCCCCCCOc1ccc(-c2ccc(C(=O)Oc3ccc(CCC(=O)OCC(C)CC)cc3)cc2)cc1. The van der Waals surface area contributed by atoms with E-state index in [0.717, 1.165) is 41.9 Å². The van der Waals surface area contributed by atoms with Gasteiger partial charge in [0.25, 0.3) is 0 Å². The molecule has 0 saturated heterocycles. The van der Waals surface area contributed by atoms with Crippen LogP contribution < -0.4 is 9.47 Å². The van der Waals surface area contributed by atoms with Gasteiger partial charge in [-0.15, -0.1) is 0 Å². The van der Waals surface area contributed by atoms with Gasteiger partial charge in [-0.2, -0.15) is 0 Å². The molecule has 0 bridgehead atoms. The van der Waals surface area contributed by atoms with Gasteiger partial charge in [-0.05, 0) is 71.8 Å². The summed E-state index contributed by atoms with van der Waals surface area (Å²) in [5, 5.41) is 0. The van der Waals surface area contributed by atoms with E-state index in [9.17, 15) is 9.59 Å². The molecule has 5 heteroatoms. The Balaban J connectivity index is 1.39. The van der Waals surface area contributed by atoms with Crippen LogP contribution in [0.2, 0.25) is 0 Å². The van der Waals surface area contributed by atoms with Gasteiger partial charge in [0.2, 0.25) is 0 Å². The molecule has 0 fully saturated rings. The molecule has 0 aliphatic rings. The molecule has 0 spiro atoms. The first-order chi connectivity index (χ1) is 20.5. The van der Waals surface area contributed by atoms with Crippen molar-refractivity contribution in [3.8, 4) is 22.6 Å². The number of rotatable bonds is 19. The van der Waals surface area contributed by atoms with Crippen LogP contribution in [0.25, 0.3) is 11.1 Å². The predicted molar refractivity (Wildman–Crippen MR) is 170 cm³/mol. The van der Waals surface area contributed by atoms with E-state index in [2.05, 4.69) is 20.8 Å². The normalized spacial score (nSPS) is 11.6. The first-order valence-corrected chi connectivity index (χ1v) is 15.8. The molecule has 3 aromatic rings. The Bertz CT molecular complexity index is 1180. The Labute approximate surface area is 252 Å². The van der Waals surface area contributed by atoms with Crippen molar-refractivity contribution in [1.82, 2.24) is 0 Å². The van der Waals surface area contributed by atoms with Gasteiger partial charge in [0, 0.05) is 6.42 Å². The minimum atomic E-state index is -0.410. The topological polar surface area (TPSA) is 61.8 Å². The Morgan fingerprint density at radius 3 is 1.88 bits per heavy atom. The number of benzene rings is 3. The van der Waals surface area contributed by atoms with Gasteiger partial charge in [0.05, 0.1) is 18.8 Å². The van der Waals surface area contributed by atoms with Crippen molar-refractivity contribution in [2.75, 3.05) is 13.2 Å². The average Bonchev–Trinajstić information content (AvgIpc) is 3.02. The van der Waals surface area contributed by atoms with Crippen molar-refractivity contribution < 1.29 is 23.8 Å². The maximum Gasteiger partial charge on any atom is 0.343 e. The van der Waals surface area contributed by atoms with E-state index in [1.54, 1.807) is 24.3 Å². The van der Waals surface area contributed by atoms with Gasteiger partial charge in [-0.25, -0.2) is 4.79 Å². The lowest BCUT2D eigenvalue weighted by Gasteiger charge is -2.10. The molecule has 0 amide bonds. The van der Waals surface area contributed by atoms with E-state index < -0.39 is 5.97 Å². The van der Waals surface area contributed by atoms with Crippen molar-refractivity contribution in [2.45, 2.75) is 91.4 Å². The van der Waals surface area contributed by atoms with Crippen LogP contribution >= 0.6 is 0 Å². The van der Waals surface area contributed by atoms with E-state index in [0.29, 0.717) is 36.7 Å². The van der Waals surface area contributed by atoms with Crippen LogP contribution in [0, 0.1) is 5.92 Å². The van der Waals surface area contributed by atoms with E-state index in [1.165, 1.54) is 44.9 Å². The van der Waals surface area contributed by atoms with Gasteiger partial charge in [-0.1, -0.05) is 109 Å². The molecule has 0 N–H and O–H groups in total. The van der Waals surface area contributed by atoms with Gasteiger partial charge in [0.15, 0.2) is 0 Å². The van der Waals surface area contributed by atoms with E-state index in [4.69, 9.17) is 14.2 Å². The summed E-state index contributed by atoms with van der Waals surface area (Å²) in [6, 6.07) is 22.8. The van der Waals surface area contributed by atoms with Gasteiger partial charge in [-0.3, -0.25) is 4.79 Å².